The van der Waals surface area contributed by atoms with Crippen LogP contribution in [0.4, 0.5) is 0 Å². The summed E-state index contributed by atoms with van der Waals surface area (Å²) in [5.41, 5.74) is 6.95. The number of carboxylic acids is 1. The van der Waals surface area contributed by atoms with Gasteiger partial charge in [0.2, 0.25) is 0 Å². The van der Waals surface area contributed by atoms with Crippen LogP contribution in [0.3, 0.4) is 0 Å². The van der Waals surface area contributed by atoms with Crippen LogP contribution in [0.1, 0.15) is 29.2 Å². The van der Waals surface area contributed by atoms with Crippen molar-refractivity contribution in [2.45, 2.75) is 25.6 Å². The van der Waals surface area contributed by atoms with Gasteiger partial charge in [0.1, 0.15) is 11.9 Å². The highest BCUT2D eigenvalue weighted by Crippen LogP contribution is 2.42. The van der Waals surface area contributed by atoms with Gasteiger partial charge in [0.15, 0.2) is 6.79 Å². The lowest BCUT2D eigenvalue weighted by molar-refractivity contribution is -0.137. The predicted octanol–water partition coefficient (Wildman–Crippen LogP) is 4.53. The zero-order valence-corrected chi connectivity index (χ0v) is 19.3. The molecule has 2 unspecified atom stereocenters. The molecule has 176 valence electrons. The second kappa shape index (κ2) is 9.97. The molecule has 0 amide bonds. The van der Waals surface area contributed by atoms with E-state index in [1.165, 1.54) is 22.3 Å². The molecule has 2 aromatic rings. The topological polar surface area (TPSA) is 68.2 Å². The van der Waals surface area contributed by atoms with E-state index in [0.717, 1.165) is 23.4 Å². The lowest BCUT2D eigenvalue weighted by Crippen LogP contribution is -2.39. The molecular formula is C28H29NO5. The molecule has 6 heteroatoms. The fraction of sp³-hybridized carbons (Fsp3) is 0.321. The molecule has 0 aromatic heterocycles. The number of fused-ring (bicyclic) bond motifs is 2. The number of benzene rings is 2. The van der Waals surface area contributed by atoms with Crippen molar-refractivity contribution in [3.63, 3.8) is 0 Å². The first-order valence-electron chi connectivity index (χ1n) is 11.7. The highest BCUT2D eigenvalue weighted by molar-refractivity contribution is 5.88. The molecule has 6 nitrogen and oxygen atoms in total. The third-order valence-corrected chi connectivity index (χ3v) is 6.59. The monoisotopic (exact) mass is 459 g/mol. The minimum atomic E-state index is -0.770. The largest absolute Gasteiger partial charge is 0.481 e. The number of rotatable bonds is 9. The summed E-state index contributed by atoms with van der Waals surface area (Å²) in [5.74, 6) is -0.0144. The quantitative estimate of drug-likeness (QED) is 0.556. The van der Waals surface area contributed by atoms with E-state index < -0.39 is 5.97 Å². The van der Waals surface area contributed by atoms with Crippen LogP contribution in [-0.2, 0) is 14.3 Å². The number of carboxylic acid groups (broad SMARTS) is 1. The number of nitrogens with zero attached hydrogens (tertiary/aromatic N) is 1. The van der Waals surface area contributed by atoms with Crippen molar-refractivity contribution in [1.29, 1.82) is 0 Å². The molecule has 0 spiro atoms. The van der Waals surface area contributed by atoms with E-state index in [-0.39, 0.29) is 25.4 Å². The lowest BCUT2D eigenvalue weighted by atomic mass is 9.77. The number of aliphatic carboxylic acids is 1. The van der Waals surface area contributed by atoms with Crippen LogP contribution in [0.5, 0.6) is 5.75 Å². The SMILES string of the molecule is Cc1cc(OCOC2c3ccc(-c4ccccc4)c2c3)ccc1C1CN(CCC(=O)O)CCO1. The van der Waals surface area contributed by atoms with Crippen LogP contribution in [0, 0.1) is 6.92 Å². The van der Waals surface area contributed by atoms with Crippen LogP contribution in [0.25, 0.3) is 5.57 Å². The number of allylic oxidation sites excluding steroid dienone is 2. The predicted molar refractivity (Wildman–Crippen MR) is 130 cm³/mol. The molecule has 2 bridgehead atoms. The Morgan fingerprint density at radius 1 is 1.18 bits per heavy atom. The van der Waals surface area contributed by atoms with E-state index in [4.69, 9.17) is 19.3 Å². The van der Waals surface area contributed by atoms with Crippen molar-refractivity contribution in [2.75, 3.05) is 33.0 Å². The molecule has 1 heterocycles. The zero-order chi connectivity index (χ0) is 23.5. The van der Waals surface area contributed by atoms with Crippen LogP contribution < -0.4 is 4.74 Å². The Labute approximate surface area is 199 Å². The summed E-state index contributed by atoms with van der Waals surface area (Å²) in [5, 5.41) is 8.95. The summed E-state index contributed by atoms with van der Waals surface area (Å²) < 4.78 is 18.0. The van der Waals surface area contributed by atoms with Crippen molar-refractivity contribution >= 4 is 11.5 Å². The summed E-state index contributed by atoms with van der Waals surface area (Å²) in [4.78, 5) is 13.0. The van der Waals surface area contributed by atoms with E-state index in [1.807, 2.05) is 43.3 Å². The van der Waals surface area contributed by atoms with Gasteiger partial charge in [-0.05, 0) is 58.5 Å². The number of hydrogen-bond donors (Lipinski definition) is 1. The minimum absolute atomic E-state index is 0.0481. The fourth-order valence-electron chi connectivity index (χ4n) is 4.73. The first-order valence-corrected chi connectivity index (χ1v) is 11.7. The van der Waals surface area contributed by atoms with Crippen molar-refractivity contribution in [3.8, 4) is 5.75 Å². The summed E-state index contributed by atoms with van der Waals surface area (Å²) in [6, 6.07) is 16.3. The lowest BCUT2D eigenvalue weighted by Gasteiger charge is -2.35. The molecule has 5 rings (SSSR count). The number of aryl methyl sites for hydroxylation is 1. The van der Waals surface area contributed by atoms with E-state index >= 15 is 0 Å². The second-order valence-corrected chi connectivity index (χ2v) is 8.84. The third kappa shape index (κ3) is 4.85. The van der Waals surface area contributed by atoms with Crippen molar-refractivity contribution in [1.82, 2.24) is 4.90 Å². The number of hydrogen-bond acceptors (Lipinski definition) is 5. The Hall–Kier alpha value is -3.19. The van der Waals surface area contributed by atoms with Crippen molar-refractivity contribution < 1.29 is 24.1 Å². The molecule has 2 atom stereocenters. The summed E-state index contributed by atoms with van der Waals surface area (Å²) >= 11 is 0. The molecule has 0 radical (unpaired) electrons. The third-order valence-electron chi connectivity index (χ3n) is 6.59. The van der Waals surface area contributed by atoms with Gasteiger partial charge in [-0.2, -0.15) is 0 Å². The van der Waals surface area contributed by atoms with Crippen LogP contribution in [0.2, 0.25) is 0 Å². The van der Waals surface area contributed by atoms with E-state index in [0.29, 0.717) is 19.7 Å². The molecule has 2 aromatic carbocycles. The van der Waals surface area contributed by atoms with Gasteiger partial charge >= 0.3 is 5.97 Å². The number of carbonyl (C=O) groups is 1. The van der Waals surface area contributed by atoms with E-state index in [9.17, 15) is 4.79 Å². The average Bonchev–Trinajstić information content (AvgIpc) is 2.86. The van der Waals surface area contributed by atoms with Crippen LogP contribution in [-0.4, -0.2) is 55.1 Å². The summed E-state index contributed by atoms with van der Waals surface area (Å²) in [7, 11) is 0. The van der Waals surface area contributed by atoms with Gasteiger partial charge in [0, 0.05) is 19.6 Å². The highest BCUT2D eigenvalue weighted by Gasteiger charge is 2.33. The van der Waals surface area contributed by atoms with Gasteiger partial charge < -0.3 is 19.3 Å². The molecule has 1 N–H and O–H groups in total. The first-order chi connectivity index (χ1) is 16.6. The van der Waals surface area contributed by atoms with Gasteiger partial charge in [-0.25, -0.2) is 0 Å². The molecule has 2 aliphatic carbocycles. The Balaban J connectivity index is 1.15. The first kappa shape index (κ1) is 22.6. The number of ether oxygens (including phenoxy) is 3. The maximum Gasteiger partial charge on any atom is 0.304 e. The van der Waals surface area contributed by atoms with Crippen LogP contribution >= 0.6 is 0 Å². The molecule has 1 aliphatic heterocycles. The standard InChI is InChI=1S/C28H29NO5/c1-19-15-22(8-10-23(19)26-17-29(13-14-32-26)12-11-27(30)31)33-18-34-28-21-7-9-24(25(28)16-21)20-5-3-2-4-6-20/h2-10,15-16,26,28H,11-14,17-18H2,1H3,(H,30,31). The van der Waals surface area contributed by atoms with Gasteiger partial charge in [-0.15, -0.1) is 0 Å². The van der Waals surface area contributed by atoms with Crippen molar-refractivity contribution in [2.24, 2.45) is 0 Å². The zero-order valence-electron chi connectivity index (χ0n) is 19.3. The van der Waals surface area contributed by atoms with E-state index in [2.05, 4.69) is 35.3 Å². The molecule has 1 fully saturated rings. The fourth-order valence-corrected chi connectivity index (χ4v) is 4.73. The Bertz CT molecular complexity index is 1150. The minimum Gasteiger partial charge on any atom is -0.481 e. The normalized spacial score (nSPS) is 21.7. The Morgan fingerprint density at radius 2 is 2.03 bits per heavy atom. The maximum absolute atomic E-state index is 10.9. The van der Waals surface area contributed by atoms with Gasteiger partial charge in [0.25, 0.3) is 0 Å². The number of morpholine rings is 1. The van der Waals surface area contributed by atoms with Gasteiger partial charge in [-0.3, -0.25) is 9.69 Å². The maximum atomic E-state index is 10.9. The second-order valence-electron chi connectivity index (χ2n) is 8.84. The van der Waals surface area contributed by atoms with Gasteiger partial charge in [-0.1, -0.05) is 48.6 Å². The molecule has 1 saturated heterocycles. The summed E-state index contributed by atoms with van der Waals surface area (Å²) in [6.45, 7) is 4.82. The van der Waals surface area contributed by atoms with E-state index in [1.54, 1.807) is 0 Å². The smallest absolute Gasteiger partial charge is 0.304 e. The van der Waals surface area contributed by atoms with Crippen LogP contribution in [0.15, 0.2) is 77.9 Å². The van der Waals surface area contributed by atoms with Crippen molar-refractivity contribution in [3.05, 3.63) is 94.6 Å². The average molecular weight is 460 g/mol. The molecule has 0 saturated carbocycles. The van der Waals surface area contributed by atoms with Gasteiger partial charge in [0.05, 0.1) is 19.1 Å². The summed E-state index contributed by atoms with van der Waals surface area (Å²) in [6.07, 6.45) is 6.48. The Kier molecular flexibility index (Phi) is 6.63. The highest BCUT2D eigenvalue weighted by atomic mass is 16.7. The Morgan fingerprint density at radius 3 is 2.79 bits per heavy atom. The molecular weight excluding hydrogens is 430 g/mol. The molecule has 3 aliphatic rings. The molecule has 34 heavy (non-hydrogen) atoms.